The lowest BCUT2D eigenvalue weighted by Gasteiger charge is -2.10. The van der Waals surface area contributed by atoms with Gasteiger partial charge in [-0.05, 0) is 31.0 Å². The van der Waals surface area contributed by atoms with Gasteiger partial charge < -0.3 is 10.3 Å². The third-order valence-electron chi connectivity index (χ3n) is 2.79. The van der Waals surface area contributed by atoms with Crippen LogP contribution in [0.5, 0.6) is 0 Å². The molecule has 14 heavy (non-hydrogen) atoms. The number of nitrogens with zero attached hydrogens (tertiary/aromatic N) is 2. The molecule has 4 nitrogen and oxygen atoms in total. The van der Waals surface area contributed by atoms with Gasteiger partial charge in [-0.1, -0.05) is 0 Å². The molecule has 3 rings (SSSR count). The van der Waals surface area contributed by atoms with Crippen LogP contribution in [-0.4, -0.2) is 21.5 Å². The molecule has 1 atom stereocenters. The first-order chi connectivity index (χ1) is 6.95. The van der Waals surface area contributed by atoms with E-state index in [0.29, 0.717) is 6.04 Å². The molecule has 0 bridgehead atoms. The fourth-order valence-electron chi connectivity index (χ4n) is 2.11. The molecule has 4 heteroatoms. The van der Waals surface area contributed by atoms with E-state index < -0.39 is 0 Å². The Morgan fingerprint density at radius 1 is 1.36 bits per heavy atom. The molecule has 2 N–H and O–H groups in total. The molecule has 2 aromatic rings. The summed E-state index contributed by atoms with van der Waals surface area (Å²) in [4.78, 5) is 11.5. The lowest BCUT2D eigenvalue weighted by atomic mass is 10.1. The zero-order valence-corrected chi connectivity index (χ0v) is 7.83. The first-order valence-corrected chi connectivity index (χ1v) is 4.96. The lowest BCUT2D eigenvalue weighted by molar-refractivity contribution is 0.651. The lowest BCUT2D eigenvalue weighted by Crippen LogP contribution is -2.13. The van der Waals surface area contributed by atoms with Gasteiger partial charge in [0.25, 0.3) is 0 Å². The minimum absolute atomic E-state index is 0.473. The van der Waals surface area contributed by atoms with Crippen LogP contribution in [0.3, 0.4) is 0 Å². The Balaban J connectivity index is 2.14. The maximum atomic E-state index is 4.20. The Labute approximate surface area is 81.8 Å². The van der Waals surface area contributed by atoms with Crippen molar-refractivity contribution in [2.75, 3.05) is 6.54 Å². The van der Waals surface area contributed by atoms with Crippen LogP contribution in [0.1, 0.15) is 24.4 Å². The first kappa shape index (κ1) is 7.94. The summed E-state index contributed by atoms with van der Waals surface area (Å²) in [6.07, 6.45) is 6.00. The molecule has 0 aromatic carbocycles. The maximum absolute atomic E-state index is 4.20. The summed E-state index contributed by atoms with van der Waals surface area (Å²) in [5.74, 6) is 0. The zero-order chi connectivity index (χ0) is 9.38. The molecule has 1 fully saturated rings. The number of aromatic amines is 1. The van der Waals surface area contributed by atoms with Gasteiger partial charge in [0.15, 0.2) is 5.65 Å². The fraction of sp³-hybridized carbons (Fsp3) is 0.400. The summed E-state index contributed by atoms with van der Waals surface area (Å²) in [6.45, 7) is 1.11. The summed E-state index contributed by atoms with van der Waals surface area (Å²) in [5, 5.41) is 3.48. The number of hydrogen-bond acceptors (Lipinski definition) is 3. The van der Waals surface area contributed by atoms with Crippen LogP contribution in [-0.2, 0) is 0 Å². The summed E-state index contributed by atoms with van der Waals surface area (Å²) < 4.78 is 0. The predicted molar refractivity (Wildman–Crippen MR) is 53.9 cm³/mol. The van der Waals surface area contributed by atoms with Crippen molar-refractivity contribution >= 4 is 11.2 Å². The van der Waals surface area contributed by atoms with E-state index in [9.17, 15) is 0 Å². The Kier molecular flexibility index (Phi) is 1.73. The number of hydrogen-bond donors (Lipinski definition) is 2. The number of imidazole rings is 1. The van der Waals surface area contributed by atoms with E-state index in [-0.39, 0.29) is 0 Å². The van der Waals surface area contributed by atoms with Crippen LogP contribution in [0.4, 0.5) is 0 Å². The van der Waals surface area contributed by atoms with Crippen LogP contribution in [0.25, 0.3) is 11.2 Å². The standard InChI is InChI=1S/C10H12N4/c1-2-8(11-4-1)7-3-5-12-10-9(7)13-6-14-10/h3,5-6,8,11H,1-2,4H2,(H,12,13,14)/t8-/m1/s1. The normalized spacial score (nSPS) is 21.9. The van der Waals surface area contributed by atoms with Crippen LogP contribution < -0.4 is 5.32 Å². The van der Waals surface area contributed by atoms with Crippen LogP contribution >= 0.6 is 0 Å². The average molecular weight is 188 g/mol. The molecule has 1 saturated heterocycles. The Bertz CT molecular complexity index is 442. The summed E-state index contributed by atoms with van der Waals surface area (Å²) in [5.41, 5.74) is 3.19. The number of pyridine rings is 1. The SMILES string of the molecule is c1cc([C@H]2CCCN2)c2[nH]cnc2n1. The van der Waals surface area contributed by atoms with E-state index in [1.165, 1.54) is 18.4 Å². The topological polar surface area (TPSA) is 53.6 Å². The number of rotatable bonds is 1. The van der Waals surface area contributed by atoms with Gasteiger partial charge in [0.05, 0.1) is 11.8 Å². The molecule has 0 radical (unpaired) electrons. The van der Waals surface area contributed by atoms with Crippen molar-refractivity contribution in [2.24, 2.45) is 0 Å². The third-order valence-corrected chi connectivity index (χ3v) is 2.79. The number of nitrogens with one attached hydrogen (secondary N) is 2. The Morgan fingerprint density at radius 2 is 2.36 bits per heavy atom. The maximum Gasteiger partial charge on any atom is 0.177 e. The highest BCUT2D eigenvalue weighted by Gasteiger charge is 2.19. The molecular weight excluding hydrogens is 176 g/mol. The quantitative estimate of drug-likeness (QED) is 0.711. The van der Waals surface area contributed by atoms with Gasteiger partial charge in [0.2, 0.25) is 0 Å². The van der Waals surface area contributed by atoms with Gasteiger partial charge in [0, 0.05) is 12.2 Å². The molecule has 2 aromatic heterocycles. The van der Waals surface area contributed by atoms with Crippen LogP contribution in [0.2, 0.25) is 0 Å². The average Bonchev–Trinajstić information content (AvgIpc) is 2.88. The van der Waals surface area contributed by atoms with Crippen molar-refractivity contribution < 1.29 is 0 Å². The molecule has 0 amide bonds. The molecule has 0 saturated carbocycles. The molecule has 3 heterocycles. The van der Waals surface area contributed by atoms with Gasteiger partial charge in [-0.2, -0.15) is 0 Å². The van der Waals surface area contributed by atoms with E-state index in [0.717, 1.165) is 17.7 Å². The van der Waals surface area contributed by atoms with Gasteiger partial charge in [0.1, 0.15) is 0 Å². The smallest absolute Gasteiger partial charge is 0.177 e. The van der Waals surface area contributed by atoms with E-state index in [2.05, 4.69) is 26.3 Å². The number of fused-ring (bicyclic) bond motifs is 1. The van der Waals surface area contributed by atoms with E-state index in [1.54, 1.807) is 6.33 Å². The summed E-state index contributed by atoms with van der Waals surface area (Å²) in [7, 11) is 0. The summed E-state index contributed by atoms with van der Waals surface area (Å²) in [6, 6.07) is 2.55. The fourth-order valence-corrected chi connectivity index (χ4v) is 2.11. The highest BCUT2D eigenvalue weighted by molar-refractivity contribution is 5.74. The van der Waals surface area contributed by atoms with Crippen molar-refractivity contribution in [3.63, 3.8) is 0 Å². The second-order valence-corrected chi connectivity index (χ2v) is 3.65. The minimum Gasteiger partial charge on any atom is -0.343 e. The molecule has 0 aliphatic carbocycles. The van der Waals surface area contributed by atoms with Gasteiger partial charge in [-0.3, -0.25) is 0 Å². The monoisotopic (exact) mass is 188 g/mol. The van der Waals surface area contributed by atoms with E-state index in [4.69, 9.17) is 0 Å². The highest BCUT2D eigenvalue weighted by Crippen LogP contribution is 2.26. The molecular formula is C10H12N4. The van der Waals surface area contributed by atoms with Crippen molar-refractivity contribution in [1.29, 1.82) is 0 Å². The van der Waals surface area contributed by atoms with Gasteiger partial charge in [-0.25, -0.2) is 9.97 Å². The van der Waals surface area contributed by atoms with Crippen LogP contribution in [0.15, 0.2) is 18.6 Å². The van der Waals surface area contributed by atoms with E-state index >= 15 is 0 Å². The molecule has 0 spiro atoms. The third kappa shape index (κ3) is 1.11. The van der Waals surface area contributed by atoms with Crippen LogP contribution in [0, 0.1) is 0 Å². The second kappa shape index (κ2) is 3.06. The van der Waals surface area contributed by atoms with Gasteiger partial charge in [-0.15, -0.1) is 0 Å². The Hall–Kier alpha value is -1.42. The van der Waals surface area contributed by atoms with E-state index in [1.807, 2.05) is 6.20 Å². The number of aromatic nitrogens is 3. The Morgan fingerprint density at radius 3 is 3.21 bits per heavy atom. The molecule has 0 unspecified atom stereocenters. The molecule has 1 aliphatic rings. The molecule has 1 aliphatic heterocycles. The zero-order valence-electron chi connectivity index (χ0n) is 7.83. The first-order valence-electron chi connectivity index (χ1n) is 4.96. The van der Waals surface area contributed by atoms with Crippen molar-refractivity contribution in [1.82, 2.24) is 20.3 Å². The predicted octanol–water partition coefficient (Wildman–Crippen LogP) is 1.38. The summed E-state index contributed by atoms with van der Waals surface area (Å²) >= 11 is 0. The largest absolute Gasteiger partial charge is 0.343 e. The number of H-pyrrole nitrogens is 1. The van der Waals surface area contributed by atoms with Crippen molar-refractivity contribution in [3.05, 3.63) is 24.2 Å². The van der Waals surface area contributed by atoms with Gasteiger partial charge >= 0.3 is 0 Å². The van der Waals surface area contributed by atoms with Crippen molar-refractivity contribution in [3.8, 4) is 0 Å². The molecule has 72 valence electrons. The van der Waals surface area contributed by atoms with Crippen molar-refractivity contribution in [2.45, 2.75) is 18.9 Å². The minimum atomic E-state index is 0.473. The second-order valence-electron chi connectivity index (χ2n) is 3.65. The highest BCUT2D eigenvalue weighted by atomic mass is 15.0.